The van der Waals surface area contributed by atoms with E-state index in [1.807, 2.05) is 0 Å². The van der Waals surface area contributed by atoms with Crippen molar-refractivity contribution in [1.82, 2.24) is 10.7 Å². The van der Waals surface area contributed by atoms with Crippen LogP contribution < -0.4 is 20.2 Å². The van der Waals surface area contributed by atoms with E-state index in [9.17, 15) is 9.59 Å². The molecule has 0 aliphatic heterocycles. The number of hydrazone groups is 1. The summed E-state index contributed by atoms with van der Waals surface area (Å²) in [6.45, 7) is 3.64. The number of rotatable bonds is 6. The fourth-order valence-corrected chi connectivity index (χ4v) is 1.47. The highest BCUT2D eigenvalue weighted by Gasteiger charge is 2.11. The molecule has 7 heteroatoms. The first kappa shape index (κ1) is 16.2. The molecule has 0 aromatic heterocycles. The van der Waals surface area contributed by atoms with Crippen molar-refractivity contribution in [2.75, 3.05) is 20.8 Å². The van der Waals surface area contributed by atoms with Gasteiger partial charge >= 0.3 is 11.8 Å². The first-order valence-corrected chi connectivity index (χ1v) is 6.07. The Kier molecular flexibility index (Phi) is 6.46. The molecule has 7 nitrogen and oxygen atoms in total. The monoisotopic (exact) mass is 291 g/mol. The van der Waals surface area contributed by atoms with Crippen molar-refractivity contribution < 1.29 is 19.1 Å². The molecule has 21 heavy (non-hydrogen) atoms. The fourth-order valence-electron chi connectivity index (χ4n) is 1.47. The maximum atomic E-state index is 11.4. The number of hydrogen-bond donors (Lipinski definition) is 2. The van der Waals surface area contributed by atoms with Crippen LogP contribution in [0.5, 0.6) is 11.5 Å². The summed E-state index contributed by atoms with van der Waals surface area (Å²) in [5.41, 5.74) is 2.72. The van der Waals surface area contributed by atoms with Crippen molar-refractivity contribution >= 4 is 18.0 Å². The first-order valence-electron chi connectivity index (χ1n) is 6.07. The van der Waals surface area contributed by atoms with Crippen LogP contribution in [-0.4, -0.2) is 38.8 Å². The molecule has 0 saturated heterocycles. The van der Waals surface area contributed by atoms with Crippen molar-refractivity contribution in [3.05, 3.63) is 36.4 Å². The van der Waals surface area contributed by atoms with Crippen LogP contribution in [0.4, 0.5) is 0 Å². The molecule has 0 unspecified atom stereocenters. The molecule has 0 atom stereocenters. The topological polar surface area (TPSA) is 89.0 Å². The van der Waals surface area contributed by atoms with Crippen LogP contribution in [0.15, 0.2) is 36.0 Å². The predicted molar refractivity (Wildman–Crippen MR) is 78.5 cm³/mol. The maximum absolute atomic E-state index is 11.4. The molecule has 0 aliphatic carbocycles. The van der Waals surface area contributed by atoms with Gasteiger partial charge in [0.1, 0.15) is 0 Å². The van der Waals surface area contributed by atoms with Crippen molar-refractivity contribution in [1.29, 1.82) is 0 Å². The van der Waals surface area contributed by atoms with E-state index in [2.05, 4.69) is 22.4 Å². The Labute approximate surface area is 122 Å². The number of amides is 2. The molecule has 1 aromatic rings. The van der Waals surface area contributed by atoms with Crippen molar-refractivity contribution in [3.63, 3.8) is 0 Å². The second-order valence-corrected chi connectivity index (χ2v) is 3.78. The van der Waals surface area contributed by atoms with Gasteiger partial charge in [0.15, 0.2) is 11.5 Å². The molecule has 1 aromatic carbocycles. The van der Waals surface area contributed by atoms with Crippen LogP contribution in [0, 0.1) is 0 Å². The number of hydrogen-bond acceptors (Lipinski definition) is 5. The summed E-state index contributed by atoms with van der Waals surface area (Å²) in [6.07, 6.45) is 2.83. The Bertz CT molecular complexity index is 555. The summed E-state index contributed by atoms with van der Waals surface area (Å²) < 4.78 is 10.3. The van der Waals surface area contributed by atoms with E-state index in [0.29, 0.717) is 17.1 Å². The predicted octanol–water partition coefficient (Wildman–Crippen LogP) is 0.456. The normalized spacial score (nSPS) is 10.0. The average molecular weight is 291 g/mol. The highest BCUT2D eigenvalue weighted by molar-refractivity contribution is 6.35. The van der Waals surface area contributed by atoms with E-state index in [4.69, 9.17) is 9.47 Å². The molecule has 2 amide bonds. The molecule has 0 spiro atoms. The highest BCUT2D eigenvalue weighted by atomic mass is 16.5. The lowest BCUT2D eigenvalue weighted by Crippen LogP contribution is -2.37. The van der Waals surface area contributed by atoms with Gasteiger partial charge in [-0.2, -0.15) is 5.10 Å². The van der Waals surface area contributed by atoms with Crippen LogP contribution in [-0.2, 0) is 9.59 Å². The Hall–Kier alpha value is -2.83. The van der Waals surface area contributed by atoms with Gasteiger partial charge in [0.25, 0.3) is 0 Å². The lowest BCUT2D eigenvalue weighted by molar-refractivity contribution is -0.139. The summed E-state index contributed by atoms with van der Waals surface area (Å²) in [6, 6.07) is 5.22. The van der Waals surface area contributed by atoms with Gasteiger partial charge in [0.2, 0.25) is 0 Å². The smallest absolute Gasteiger partial charge is 0.329 e. The Morgan fingerprint density at radius 1 is 1.29 bits per heavy atom. The lowest BCUT2D eigenvalue weighted by atomic mass is 10.2. The minimum atomic E-state index is -0.866. The highest BCUT2D eigenvalue weighted by Crippen LogP contribution is 2.29. The summed E-state index contributed by atoms with van der Waals surface area (Å²) >= 11 is 0. The van der Waals surface area contributed by atoms with Crippen LogP contribution in [0.3, 0.4) is 0 Å². The summed E-state index contributed by atoms with van der Waals surface area (Å²) in [4.78, 5) is 22.7. The van der Waals surface area contributed by atoms with E-state index >= 15 is 0 Å². The SMILES string of the molecule is C=CCNC(=O)C(=O)NN=Cc1cccc(OC)c1OC. The number of para-hydroxylation sites is 1. The molecule has 0 radical (unpaired) electrons. The van der Waals surface area contributed by atoms with Gasteiger partial charge in [-0.15, -0.1) is 6.58 Å². The standard InChI is InChI=1S/C14H17N3O4/c1-4-8-15-13(18)14(19)17-16-9-10-6-5-7-11(20-2)12(10)21-3/h4-7,9H,1,8H2,2-3H3,(H,15,18)(H,17,19). The molecule has 112 valence electrons. The number of nitrogens with one attached hydrogen (secondary N) is 2. The Morgan fingerprint density at radius 2 is 2.05 bits per heavy atom. The van der Waals surface area contributed by atoms with Crippen LogP contribution in [0.1, 0.15) is 5.56 Å². The number of nitrogens with zero attached hydrogens (tertiary/aromatic N) is 1. The molecule has 2 N–H and O–H groups in total. The van der Waals surface area contributed by atoms with Crippen molar-refractivity contribution in [2.24, 2.45) is 5.10 Å². The van der Waals surface area contributed by atoms with Crippen molar-refractivity contribution in [3.8, 4) is 11.5 Å². The van der Waals surface area contributed by atoms with E-state index in [1.54, 1.807) is 18.2 Å². The van der Waals surface area contributed by atoms with Crippen LogP contribution >= 0.6 is 0 Å². The van der Waals surface area contributed by atoms with Gasteiger partial charge in [-0.3, -0.25) is 9.59 Å². The molecule has 0 heterocycles. The van der Waals surface area contributed by atoms with E-state index < -0.39 is 11.8 Å². The van der Waals surface area contributed by atoms with Crippen molar-refractivity contribution in [2.45, 2.75) is 0 Å². The minimum absolute atomic E-state index is 0.208. The van der Waals surface area contributed by atoms with Crippen LogP contribution in [0.25, 0.3) is 0 Å². The second kappa shape index (κ2) is 8.36. The number of ether oxygens (including phenoxy) is 2. The fraction of sp³-hybridized carbons (Fsp3) is 0.214. The van der Waals surface area contributed by atoms with E-state index in [0.717, 1.165) is 0 Å². The second-order valence-electron chi connectivity index (χ2n) is 3.78. The number of carbonyl (C=O) groups excluding carboxylic acids is 2. The lowest BCUT2D eigenvalue weighted by Gasteiger charge is -2.09. The quantitative estimate of drug-likeness (QED) is 0.345. The summed E-state index contributed by atoms with van der Waals surface area (Å²) in [5.74, 6) is -0.634. The number of carbonyl (C=O) groups is 2. The molecule has 0 fully saturated rings. The first-order chi connectivity index (χ1) is 10.1. The summed E-state index contributed by atoms with van der Waals surface area (Å²) in [5, 5.41) is 6.04. The Morgan fingerprint density at radius 3 is 2.67 bits per heavy atom. The number of methoxy groups -OCH3 is 2. The van der Waals surface area contributed by atoms with Gasteiger partial charge < -0.3 is 14.8 Å². The molecule has 0 aliphatic rings. The molecule has 0 saturated carbocycles. The van der Waals surface area contributed by atoms with E-state index in [1.165, 1.54) is 26.5 Å². The number of benzene rings is 1. The molecule has 0 bridgehead atoms. The van der Waals surface area contributed by atoms with Gasteiger partial charge in [0, 0.05) is 12.1 Å². The minimum Gasteiger partial charge on any atom is -0.493 e. The zero-order chi connectivity index (χ0) is 15.7. The third-order valence-corrected chi connectivity index (χ3v) is 2.42. The maximum Gasteiger partial charge on any atom is 0.329 e. The van der Waals surface area contributed by atoms with Gasteiger partial charge in [-0.25, -0.2) is 5.43 Å². The molecular weight excluding hydrogens is 274 g/mol. The third kappa shape index (κ3) is 4.64. The average Bonchev–Trinajstić information content (AvgIpc) is 2.51. The largest absolute Gasteiger partial charge is 0.493 e. The zero-order valence-electron chi connectivity index (χ0n) is 11.9. The zero-order valence-corrected chi connectivity index (χ0v) is 11.9. The van der Waals surface area contributed by atoms with E-state index in [-0.39, 0.29) is 6.54 Å². The molecule has 1 rings (SSSR count). The van der Waals surface area contributed by atoms with Gasteiger partial charge in [-0.1, -0.05) is 12.1 Å². The van der Waals surface area contributed by atoms with Gasteiger partial charge in [-0.05, 0) is 12.1 Å². The third-order valence-electron chi connectivity index (χ3n) is 2.42. The van der Waals surface area contributed by atoms with Gasteiger partial charge in [0.05, 0.1) is 20.4 Å². The molecular formula is C14H17N3O4. The summed E-state index contributed by atoms with van der Waals surface area (Å²) in [7, 11) is 3.01. The Balaban J connectivity index is 2.71. The van der Waals surface area contributed by atoms with Crippen LogP contribution in [0.2, 0.25) is 0 Å².